The van der Waals surface area contributed by atoms with Gasteiger partial charge in [0, 0.05) is 10.9 Å². The number of thiocarbonyl (C=S) groups is 1. The first-order chi connectivity index (χ1) is 9.56. The molecular weight excluding hydrogens is 284 g/mol. The maximum Gasteiger partial charge on any atom is 0.167 e. The average Bonchev–Trinajstić information content (AvgIpc) is 2.90. The zero-order valence-corrected chi connectivity index (χ0v) is 13.6. The largest absolute Gasteiger partial charge is 0.361 e. The van der Waals surface area contributed by atoms with Crippen molar-refractivity contribution in [1.82, 2.24) is 10.6 Å². The summed E-state index contributed by atoms with van der Waals surface area (Å²) in [5, 5.41) is 9.45. The molecular formula is C16H20N2S2. The van der Waals surface area contributed by atoms with Crippen LogP contribution in [0.15, 0.2) is 41.8 Å². The van der Waals surface area contributed by atoms with Crippen LogP contribution in [0.4, 0.5) is 0 Å². The molecule has 2 N–H and O–H groups in total. The Hall–Kier alpha value is -1.39. The smallest absolute Gasteiger partial charge is 0.167 e. The lowest BCUT2D eigenvalue weighted by Gasteiger charge is -2.22. The predicted molar refractivity (Wildman–Crippen MR) is 91.3 cm³/mol. The van der Waals surface area contributed by atoms with Crippen molar-refractivity contribution in [1.29, 1.82) is 0 Å². The number of hydrogen-bond acceptors (Lipinski definition) is 2. The molecule has 1 atom stereocenters. The van der Waals surface area contributed by atoms with Crippen molar-refractivity contribution < 1.29 is 0 Å². The summed E-state index contributed by atoms with van der Waals surface area (Å²) in [5.41, 5.74) is 2.49. The molecule has 2 nitrogen and oxygen atoms in total. The van der Waals surface area contributed by atoms with E-state index in [0.717, 1.165) is 0 Å². The van der Waals surface area contributed by atoms with Crippen LogP contribution in [0.3, 0.4) is 0 Å². The molecule has 1 aromatic heterocycles. The predicted octanol–water partition coefficient (Wildman–Crippen LogP) is 4.02. The fraction of sp³-hybridized carbons (Fsp3) is 0.312. The molecule has 0 fully saturated rings. The van der Waals surface area contributed by atoms with Crippen LogP contribution in [0.25, 0.3) is 0 Å². The SMILES string of the molecule is Cc1ccc([C@@H](NC(=S)NC(C)C)c2cccs2)cc1. The third kappa shape index (κ3) is 4.05. The molecule has 0 aliphatic heterocycles. The summed E-state index contributed by atoms with van der Waals surface area (Å²) >= 11 is 7.13. The number of aryl methyl sites for hydroxylation is 1. The summed E-state index contributed by atoms with van der Waals surface area (Å²) in [4.78, 5) is 1.27. The number of thiophene rings is 1. The van der Waals surface area contributed by atoms with Gasteiger partial charge in [-0.3, -0.25) is 0 Å². The number of benzene rings is 1. The Labute approximate surface area is 130 Å². The minimum absolute atomic E-state index is 0.106. The van der Waals surface area contributed by atoms with Crippen molar-refractivity contribution in [3.8, 4) is 0 Å². The molecule has 0 amide bonds. The molecule has 0 saturated carbocycles. The normalized spacial score (nSPS) is 12.2. The van der Waals surface area contributed by atoms with Crippen molar-refractivity contribution in [2.75, 3.05) is 0 Å². The standard InChI is InChI=1S/C16H20N2S2/c1-11(2)17-16(19)18-15(14-5-4-10-20-14)13-8-6-12(3)7-9-13/h4-11,15H,1-3H3,(H2,17,18,19)/t15-/m1/s1. The Bertz CT molecular complexity index is 544. The van der Waals surface area contributed by atoms with E-state index in [9.17, 15) is 0 Å². The van der Waals surface area contributed by atoms with Crippen LogP contribution in [0, 0.1) is 6.92 Å². The van der Waals surface area contributed by atoms with E-state index >= 15 is 0 Å². The van der Waals surface area contributed by atoms with E-state index in [2.05, 4.69) is 73.2 Å². The molecule has 0 bridgehead atoms. The zero-order chi connectivity index (χ0) is 14.5. The summed E-state index contributed by atoms with van der Waals surface area (Å²) in [5.74, 6) is 0. The van der Waals surface area contributed by atoms with Crippen molar-refractivity contribution in [3.05, 3.63) is 57.8 Å². The molecule has 0 aliphatic rings. The van der Waals surface area contributed by atoms with Crippen molar-refractivity contribution in [3.63, 3.8) is 0 Å². The second kappa shape index (κ2) is 6.86. The maximum absolute atomic E-state index is 5.39. The molecule has 0 spiro atoms. The molecule has 20 heavy (non-hydrogen) atoms. The monoisotopic (exact) mass is 304 g/mol. The summed E-state index contributed by atoms with van der Waals surface area (Å²) in [7, 11) is 0. The van der Waals surface area contributed by atoms with Crippen LogP contribution in [0.1, 0.15) is 35.9 Å². The van der Waals surface area contributed by atoms with Crippen LogP contribution in [0.2, 0.25) is 0 Å². The highest BCUT2D eigenvalue weighted by Gasteiger charge is 2.16. The van der Waals surface area contributed by atoms with Crippen LogP contribution >= 0.6 is 23.6 Å². The Morgan fingerprint density at radius 1 is 1.10 bits per heavy atom. The highest BCUT2D eigenvalue weighted by atomic mass is 32.1. The number of hydrogen-bond donors (Lipinski definition) is 2. The van der Waals surface area contributed by atoms with Gasteiger partial charge in [0.1, 0.15) is 0 Å². The number of nitrogens with one attached hydrogen (secondary N) is 2. The van der Waals surface area contributed by atoms with Crippen LogP contribution in [-0.2, 0) is 0 Å². The highest BCUT2D eigenvalue weighted by Crippen LogP contribution is 2.26. The van der Waals surface area contributed by atoms with Gasteiger partial charge in [0.2, 0.25) is 0 Å². The van der Waals surface area contributed by atoms with E-state index < -0.39 is 0 Å². The molecule has 0 unspecified atom stereocenters. The van der Waals surface area contributed by atoms with Crippen molar-refractivity contribution in [2.45, 2.75) is 32.9 Å². The molecule has 0 radical (unpaired) electrons. The second-order valence-electron chi connectivity index (χ2n) is 5.13. The van der Waals surface area contributed by atoms with Crippen LogP contribution in [0.5, 0.6) is 0 Å². The Morgan fingerprint density at radius 3 is 2.35 bits per heavy atom. The molecule has 2 rings (SSSR count). The Balaban J connectivity index is 2.22. The first-order valence-electron chi connectivity index (χ1n) is 6.73. The van der Waals surface area contributed by atoms with Crippen LogP contribution in [-0.4, -0.2) is 11.2 Å². The van der Waals surface area contributed by atoms with Crippen LogP contribution < -0.4 is 10.6 Å². The molecule has 106 valence electrons. The minimum atomic E-state index is 0.106. The second-order valence-corrected chi connectivity index (χ2v) is 6.52. The van der Waals surface area contributed by atoms with Gasteiger partial charge in [-0.2, -0.15) is 0 Å². The van der Waals surface area contributed by atoms with Gasteiger partial charge in [-0.25, -0.2) is 0 Å². The molecule has 0 aliphatic carbocycles. The van der Waals surface area contributed by atoms with Gasteiger partial charge in [-0.15, -0.1) is 11.3 Å². The fourth-order valence-corrected chi connectivity index (χ4v) is 3.12. The quantitative estimate of drug-likeness (QED) is 0.834. The fourth-order valence-electron chi connectivity index (χ4n) is 1.97. The highest BCUT2D eigenvalue weighted by molar-refractivity contribution is 7.80. The van der Waals surface area contributed by atoms with Crippen molar-refractivity contribution >= 4 is 28.7 Å². The maximum atomic E-state index is 5.39. The molecule has 4 heteroatoms. The lowest BCUT2D eigenvalue weighted by Crippen LogP contribution is -2.41. The average molecular weight is 304 g/mol. The van der Waals surface area contributed by atoms with E-state index in [1.54, 1.807) is 11.3 Å². The van der Waals surface area contributed by atoms with E-state index in [1.807, 2.05) is 0 Å². The summed E-state index contributed by atoms with van der Waals surface area (Å²) < 4.78 is 0. The van der Waals surface area contributed by atoms with Gasteiger partial charge >= 0.3 is 0 Å². The topological polar surface area (TPSA) is 24.1 Å². The van der Waals surface area contributed by atoms with Gasteiger partial charge in [-0.1, -0.05) is 35.9 Å². The van der Waals surface area contributed by atoms with E-state index in [4.69, 9.17) is 12.2 Å². The lowest BCUT2D eigenvalue weighted by atomic mass is 10.0. The zero-order valence-electron chi connectivity index (χ0n) is 12.0. The first kappa shape index (κ1) is 15.0. The van der Waals surface area contributed by atoms with Gasteiger partial charge < -0.3 is 10.6 Å². The summed E-state index contributed by atoms with van der Waals surface area (Å²) in [6, 6.07) is 13.2. The third-order valence-corrected chi connectivity index (χ3v) is 4.11. The molecule has 1 aromatic carbocycles. The first-order valence-corrected chi connectivity index (χ1v) is 8.02. The molecule has 2 aromatic rings. The Morgan fingerprint density at radius 2 is 1.80 bits per heavy atom. The van der Waals surface area contributed by atoms with Gasteiger partial charge in [0.25, 0.3) is 0 Å². The van der Waals surface area contributed by atoms with Gasteiger partial charge in [0.15, 0.2) is 5.11 Å². The van der Waals surface area contributed by atoms with E-state index in [1.165, 1.54) is 16.0 Å². The van der Waals surface area contributed by atoms with E-state index in [-0.39, 0.29) is 6.04 Å². The van der Waals surface area contributed by atoms with E-state index in [0.29, 0.717) is 11.2 Å². The number of rotatable bonds is 4. The third-order valence-electron chi connectivity index (χ3n) is 2.93. The summed E-state index contributed by atoms with van der Waals surface area (Å²) in [6.45, 7) is 6.27. The summed E-state index contributed by atoms with van der Waals surface area (Å²) in [6.07, 6.45) is 0. The molecule has 1 heterocycles. The van der Waals surface area contributed by atoms with Crippen molar-refractivity contribution in [2.24, 2.45) is 0 Å². The lowest BCUT2D eigenvalue weighted by molar-refractivity contribution is 0.688. The minimum Gasteiger partial charge on any atom is -0.361 e. The molecule has 0 saturated heterocycles. The van der Waals surface area contributed by atoms with Gasteiger partial charge in [-0.05, 0) is 50.0 Å². The van der Waals surface area contributed by atoms with Gasteiger partial charge in [0.05, 0.1) is 6.04 Å². The Kier molecular flexibility index (Phi) is 5.15.